The zero-order chi connectivity index (χ0) is 18.6. The third kappa shape index (κ3) is 3.83. The highest BCUT2D eigenvalue weighted by Gasteiger charge is 2.57. The van der Waals surface area contributed by atoms with Gasteiger partial charge in [-0.3, -0.25) is 4.90 Å². The molecule has 0 saturated carbocycles. The van der Waals surface area contributed by atoms with E-state index in [1.54, 1.807) is 12.0 Å². The van der Waals surface area contributed by atoms with Crippen molar-refractivity contribution in [3.05, 3.63) is 71.8 Å². The van der Waals surface area contributed by atoms with Crippen molar-refractivity contribution in [3.63, 3.8) is 0 Å². The number of hydrogen-bond donors (Lipinski definition) is 0. The van der Waals surface area contributed by atoms with Crippen LogP contribution in [-0.4, -0.2) is 49.2 Å². The largest absolute Gasteiger partial charge is 0.445 e. The van der Waals surface area contributed by atoms with Crippen LogP contribution in [0.5, 0.6) is 0 Å². The van der Waals surface area contributed by atoms with Crippen LogP contribution in [0.25, 0.3) is 0 Å². The van der Waals surface area contributed by atoms with Gasteiger partial charge in [0.25, 0.3) is 0 Å². The van der Waals surface area contributed by atoms with Crippen molar-refractivity contribution in [3.8, 4) is 0 Å². The lowest BCUT2D eigenvalue weighted by molar-refractivity contribution is -0.162. The molecule has 6 nitrogen and oxygen atoms in total. The van der Waals surface area contributed by atoms with Gasteiger partial charge < -0.3 is 18.9 Å². The van der Waals surface area contributed by atoms with Crippen LogP contribution in [-0.2, 0) is 32.2 Å². The number of fused-ring (bicyclic) bond motifs is 2. The van der Waals surface area contributed by atoms with Gasteiger partial charge in [0.2, 0.25) is 0 Å². The number of amides is 1. The summed E-state index contributed by atoms with van der Waals surface area (Å²) in [6.07, 6.45) is -1.33. The van der Waals surface area contributed by atoms with Gasteiger partial charge in [-0.2, -0.15) is 0 Å². The van der Waals surface area contributed by atoms with Crippen molar-refractivity contribution in [1.82, 2.24) is 4.90 Å². The molecule has 2 aromatic carbocycles. The van der Waals surface area contributed by atoms with Crippen LogP contribution in [0, 0.1) is 0 Å². The molecule has 6 heteroatoms. The average molecular weight is 369 g/mol. The van der Waals surface area contributed by atoms with E-state index in [4.69, 9.17) is 18.9 Å². The third-order valence-electron chi connectivity index (χ3n) is 4.98. The standard InChI is InChI=1S/C21H23NO5/c1-24-20-18-19(25-13-15-8-4-2-5-9-15)17(27-20)12-22(18)21(23)26-14-16-10-6-3-7-11-16/h2-11,17-20H,12-14H2,1H3/t17-,18+,19+,20?/m1/s1. The number of morpholine rings is 1. The van der Waals surface area contributed by atoms with Crippen LogP contribution in [0.3, 0.4) is 0 Å². The molecule has 2 fully saturated rings. The monoisotopic (exact) mass is 369 g/mol. The van der Waals surface area contributed by atoms with Crippen molar-refractivity contribution in [2.75, 3.05) is 13.7 Å². The fourth-order valence-corrected chi connectivity index (χ4v) is 3.66. The Morgan fingerprint density at radius 1 is 1.04 bits per heavy atom. The summed E-state index contributed by atoms with van der Waals surface area (Å²) in [7, 11) is 1.58. The molecule has 2 bridgehead atoms. The number of carbonyl (C=O) groups is 1. The van der Waals surface area contributed by atoms with Crippen LogP contribution >= 0.6 is 0 Å². The first-order valence-corrected chi connectivity index (χ1v) is 9.07. The van der Waals surface area contributed by atoms with E-state index >= 15 is 0 Å². The number of likely N-dealkylation sites (tertiary alicyclic amines) is 1. The Kier molecular flexibility index (Phi) is 5.38. The van der Waals surface area contributed by atoms with Crippen LogP contribution in [0.4, 0.5) is 4.79 Å². The van der Waals surface area contributed by atoms with E-state index in [1.165, 1.54) is 0 Å². The first-order valence-electron chi connectivity index (χ1n) is 9.07. The lowest BCUT2D eigenvalue weighted by Gasteiger charge is -2.31. The number of nitrogens with zero attached hydrogens (tertiary/aromatic N) is 1. The van der Waals surface area contributed by atoms with E-state index in [2.05, 4.69) is 0 Å². The predicted molar refractivity (Wildman–Crippen MR) is 97.8 cm³/mol. The normalized spacial score (nSPS) is 26.3. The molecule has 0 radical (unpaired) electrons. The van der Waals surface area contributed by atoms with E-state index in [0.29, 0.717) is 13.2 Å². The van der Waals surface area contributed by atoms with Gasteiger partial charge in [0.1, 0.15) is 24.9 Å². The van der Waals surface area contributed by atoms with Gasteiger partial charge >= 0.3 is 6.09 Å². The van der Waals surface area contributed by atoms with Crippen LogP contribution < -0.4 is 0 Å². The SMILES string of the molecule is COC1O[C@@H]2CN(C(=O)OCc3ccccc3)[C@H]1[C@H]2OCc1ccccc1. The van der Waals surface area contributed by atoms with Crippen LogP contribution in [0.1, 0.15) is 11.1 Å². The zero-order valence-corrected chi connectivity index (χ0v) is 15.2. The molecule has 2 aliphatic heterocycles. The molecule has 0 N–H and O–H groups in total. The van der Waals surface area contributed by atoms with Crippen LogP contribution in [0.15, 0.2) is 60.7 Å². The molecule has 0 spiro atoms. The Bertz CT molecular complexity index is 754. The quantitative estimate of drug-likeness (QED) is 0.784. The highest BCUT2D eigenvalue weighted by molar-refractivity contribution is 5.69. The second kappa shape index (κ2) is 8.08. The first-order chi connectivity index (χ1) is 13.3. The maximum atomic E-state index is 12.6. The van der Waals surface area contributed by atoms with Gasteiger partial charge in [-0.1, -0.05) is 60.7 Å². The molecule has 1 unspecified atom stereocenters. The zero-order valence-electron chi connectivity index (χ0n) is 15.2. The topological polar surface area (TPSA) is 57.2 Å². The van der Waals surface area contributed by atoms with Crippen molar-refractivity contribution < 1.29 is 23.7 Å². The third-order valence-corrected chi connectivity index (χ3v) is 4.98. The molecule has 0 aromatic heterocycles. The number of methoxy groups -OCH3 is 1. The fraction of sp³-hybridized carbons (Fsp3) is 0.381. The van der Waals surface area contributed by atoms with Gasteiger partial charge in [-0.05, 0) is 11.1 Å². The summed E-state index contributed by atoms with van der Waals surface area (Å²) in [5.74, 6) is 0. The minimum Gasteiger partial charge on any atom is -0.445 e. The minimum absolute atomic E-state index is 0.215. The number of hydrogen-bond acceptors (Lipinski definition) is 5. The molecule has 4 rings (SSSR count). The molecule has 0 aliphatic carbocycles. The van der Waals surface area contributed by atoms with Crippen molar-refractivity contribution >= 4 is 6.09 Å². The Labute approximate surface area is 158 Å². The molecule has 4 atom stereocenters. The molecule has 2 saturated heterocycles. The number of rotatable bonds is 6. The summed E-state index contributed by atoms with van der Waals surface area (Å²) in [6.45, 7) is 1.14. The predicted octanol–water partition coefficient (Wildman–Crippen LogP) is 2.96. The summed E-state index contributed by atoms with van der Waals surface area (Å²) in [4.78, 5) is 14.3. The number of carbonyl (C=O) groups excluding carboxylic acids is 1. The Balaban J connectivity index is 1.39. The van der Waals surface area contributed by atoms with E-state index in [0.717, 1.165) is 11.1 Å². The molecule has 2 heterocycles. The van der Waals surface area contributed by atoms with E-state index in [-0.39, 0.29) is 30.9 Å². The Hall–Kier alpha value is -2.41. The summed E-state index contributed by atoms with van der Waals surface area (Å²) < 4.78 is 22.9. The summed E-state index contributed by atoms with van der Waals surface area (Å²) >= 11 is 0. The van der Waals surface area contributed by atoms with Gasteiger partial charge in [-0.15, -0.1) is 0 Å². The maximum Gasteiger partial charge on any atom is 0.410 e. The lowest BCUT2D eigenvalue weighted by atomic mass is 10.1. The average Bonchev–Trinajstić information content (AvgIpc) is 3.26. The van der Waals surface area contributed by atoms with Crippen molar-refractivity contribution in [2.45, 2.75) is 37.8 Å². The smallest absolute Gasteiger partial charge is 0.410 e. The van der Waals surface area contributed by atoms with Crippen molar-refractivity contribution in [2.24, 2.45) is 0 Å². The number of ether oxygens (including phenoxy) is 4. The number of benzene rings is 2. The van der Waals surface area contributed by atoms with E-state index < -0.39 is 6.29 Å². The van der Waals surface area contributed by atoms with Gasteiger partial charge in [0, 0.05) is 7.11 Å². The van der Waals surface area contributed by atoms with Gasteiger partial charge in [0.15, 0.2) is 6.29 Å². The minimum atomic E-state index is -0.506. The van der Waals surface area contributed by atoms with Crippen LogP contribution in [0.2, 0.25) is 0 Å². The molecular weight excluding hydrogens is 346 g/mol. The lowest BCUT2D eigenvalue weighted by Crippen LogP contribution is -2.48. The Morgan fingerprint density at radius 3 is 2.30 bits per heavy atom. The summed E-state index contributed by atoms with van der Waals surface area (Å²) in [5.41, 5.74) is 2.03. The van der Waals surface area contributed by atoms with E-state index in [1.807, 2.05) is 60.7 Å². The van der Waals surface area contributed by atoms with Gasteiger partial charge in [0.05, 0.1) is 13.2 Å². The maximum absolute atomic E-state index is 12.6. The first kappa shape index (κ1) is 18.0. The molecule has 2 aliphatic rings. The fourth-order valence-electron chi connectivity index (χ4n) is 3.66. The Morgan fingerprint density at radius 2 is 1.67 bits per heavy atom. The molecule has 2 aromatic rings. The highest BCUT2D eigenvalue weighted by atomic mass is 16.7. The molecule has 1 amide bonds. The second-order valence-electron chi connectivity index (χ2n) is 6.72. The second-order valence-corrected chi connectivity index (χ2v) is 6.72. The summed E-state index contributed by atoms with van der Waals surface area (Å²) in [6, 6.07) is 19.3. The summed E-state index contributed by atoms with van der Waals surface area (Å²) in [5, 5.41) is 0. The van der Waals surface area contributed by atoms with Crippen molar-refractivity contribution in [1.29, 1.82) is 0 Å². The van der Waals surface area contributed by atoms with E-state index in [9.17, 15) is 4.79 Å². The molecular formula is C21H23NO5. The van der Waals surface area contributed by atoms with Gasteiger partial charge in [-0.25, -0.2) is 4.79 Å². The highest BCUT2D eigenvalue weighted by Crippen LogP contribution is 2.36. The molecule has 142 valence electrons. The molecule has 27 heavy (non-hydrogen) atoms.